The molecule has 0 saturated heterocycles. The van der Waals surface area contributed by atoms with E-state index in [1.54, 1.807) is 42.5 Å². The highest BCUT2D eigenvalue weighted by atomic mass is 32.2. The van der Waals surface area contributed by atoms with Gasteiger partial charge in [-0.1, -0.05) is 30.3 Å². The molecule has 0 fully saturated rings. The number of ether oxygens (including phenoxy) is 1. The van der Waals surface area contributed by atoms with Gasteiger partial charge in [-0.25, -0.2) is 13.1 Å². The number of rotatable bonds is 8. The molecule has 24 heavy (non-hydrogen) atoms. The fraction of sp³-hybridized carbons (Fsp3) is 0.235. The Morgan fingerprint density at radius 3 is 2.29 bits per heavy atom. The number of aliphatic carboxylic acids is 1. The van der Waals surface area contributed by atoms with Gasteiger partial charge in [-0.3, -0.25) is 0 Å². The Labute approximate surface area is 141 Å². The van der Waals surface area contributed by atoms with Crippen molar-refractivity contribution in [3.63, 3.8) is 0 Å². The monoisotopic (exact) mass is 348 g/mol. The number of carbonyl (C=O) groups is 1. The molecule has 1 atom stereocenters. The summed E-state index contributed by atoms with van der Waals surface area (Å²) < 4.78 is 32.7. The first kappa shape index (κ1) is 18.0. The molecule has 0 aliphatic carbocycles. The molecule has 0 radical (unpaired) electrons. The van der Waals surface area contributed by atoms with Crippen molar-refractivity contribution in [2.75, 3.05) is 6.61 Å². The van der Waals surface area contributed by atoms with Crippen molar-refractivity contribution in [2.24, 2.45) is 0 Å². The molecule has 7 heteroatoms. The Hall–Kier alpha value is -2.38. The number of carboxylic acids is 1. The van der Waals surface area contributed by atoms with Gasteiger partial charge in [0.25, 0.3) is 0 Å². The molecule has 1 N–H and O–H groups in total. The molecule has 0 aliphatic heterocycles. The maximum atomic E-state index is 12.5. The summed E-state index contributed by atoms with van der Waals surface area (Å²) in [6.07, 6.45) is -0.458. The summed E-state index contributed by atoms with van der Waals surface area (Å²) >= 11 is 0. The zero-order chi connectivity index (χ0) is 17.6. The number of benzene rings is 2. The van der Waals surface area contributed by atoms with Crippen molar-refractivity contribution in [3.8, 4) is 5.75 Å². The fourth-order valence-electron chi connectivity index (χ4n) is 2.22. The minimum atomic E-state index is -3.88. The molecule has 0 saturated carbocycles. The van der Waals surface area contributed by atoms with Crippen LogP contribution in [0.4, 0.5) is 0 Å². The summed E-state index contributed by atoms with van der Waals surface area (Å²) in [4.78, 5) is 11.0. The fourth-order valence-corrected chi connectivity index (χ4v) is 3.44. The highest BCUT2D eigenvalue weighted by Gasteiger charge is 2.21. The molecule has 2 rings (SSSR count). The van der Waals surface area contributed by atoms with Crippen LogP contribution in [0.3, 0.4) is 0 Å². The molecule has 0 spiro atoms. The summed E-state index contributed by atoms with van der Waals surface area (Å²) in [5, 5.41) is 11.0. The van der Waals surface area contributed by atoms with Crippen LogP contribution in [0.15, 0.2) is 59.5 Å². The number of carbonyl (C=O) groups excluding carboxylic acids is 1. The Bertz CT molecular complexity index is 772. The predicted molar refractivity (Wildman–Crippen MR) is 86.7 cm³/mol. The molecule has 0 bridgehead atoms. The molecular formula is C17H18NO5S-. The van der Waals surface area contributed by atoms with E-state index in [1.807, 2.05) is 6.92 Å². The molecule has 0 amide bonds. The van der Waals surface area contributed by atoms with Crippen molar-refractivity contribution in [1.29, 1.82) is 0 Å². The molecular weight excluding hydrogens is 330 g/mol. The van der Waals surface area contributed by atoms with Crippen LogP contribution in [0.1, 0.15) is 24.9 Å². The summed E-state index contributed by atoms with van der Waals surface area (Å²) in [5.41, 5.74) is 0.552. The largest absolute Gasteiger partial charge is 0.550 e. The van der Waals surface area contributed by atoms with Crippen molar-refractivity contribution in [1.82, 2.24) is 4.72 Å². The van der Waals surface area contributed by atoms with E-state index in [-0.39, 0.29) is 4.90 Å². The van der Waals surface area contributed by atoms with Crippen LogP contribution in [0, 0.1) is 0 Å². The van der Waals surface area contributed by atoms with Crippen LogP contribution in [0.2, 0.25) is 0 Å². The van der Waals surface area contributed by atoms with Crippen molar-refractivity contribution in [3.05, 3.63) is 60.2 Å². The summed E-state index contributed by atoms with van der Waals surface area (Å²) in [6.45, 7) is 2.31. The lowest BCUT2D eigenvalue weighted by molar-refractivity contribution is -0.306. The van der Waals surface area contributed by atoms with E-state index < -0.39 is 28.5 Å². The van der Waals surface area contributed by atoms with Gasteiger partial charge in [0.1, 0.15) is 5.75 Å². The third-order valence-electron chi connectivity index (χ3n) is 3.32. The third kappa shape index (κ3) is 4.81. The van der Waals surface area contributed by atoms with Gasteiger partial charge in [0.2, 0.25) is 10.0 Å². The lowest BCUT2D eigenvalue weighted by Crippen LogP contribution is -2.34. The average molecular weight is 348 g/mol. The average Bonchev–Trinajstić information content (AvgIpc) is 2.55. The zero-order valence-electron chi connectivity index (χ0n) is 13.1. The maximum absolute atomic E-state index is 12.5. The van der Waals surface area contributed by atoms with Gasteiger partial charge >= 0.3 is 0 Å². The minimum Gasteiger partial charge on any atom is -0.550 e. The van der Waals surface area contributed by atoms with E-state index in [2.05, 4.69) is 4.72 Å². The van der Waals surface area contributed by atoms with Crippen molar-refractivity contribution < 1.29 is 23.1 Å². The lowest BCUT2D eigenvalue weighted by atomic mass is 10.1. The minimum absolute atomic E-state index is 0.0326. The molecule has 2 aromatic carbocycles. The molecule has 0 unspecified atom stereocenters. The SMILES string of the molecule is CCOc1ccc(S(=O)(=O)N[C@H](CC(=O)[O-])c2ccccc2)cc1. The molecule has 128 valence electrons. The number of hydrogen-bond donors (Lipinski definition) is 1. The van der Waals surface area contributed by atoms with E-state index in [1.165, 1.54) is 12.1 Å². The van der Waals surface area contributed by atoms with E-state index in [0.29, 0.717) is 17.9 Å². The quantitative estimate of drug-likeness (QED) is 0.774. The Morgan fingerprint density at radius 2 is 1.75 bits per heavy atom. The highest BCUT2D eigenvalue weighted by Crippen LogP contribution is 2.21. The van der Waals surface area contributed by atoms with Gasteiger partial charge in [-0.15, -0.1) is 0 Å². The highest BCUT2D eigenvalue weighted by molar-refractivity contribution is 7.89. The van der Waals surface area contributed by atoms with Crippen molar-refractivity contribution >= 4 is 16.0 Å². The van der Waals surface area contributed by atoms with Crippen LogP contribution in [-0.4, -0.2) is 21.0 Å². The lowest BCUT2D eigenvalue weighted by Gasteiger charge is -2.20. The first-order valence-corrected chi connectivity index (χ1v) is 8.90. The smallest absolute Gasteiger partial charge is 0.241 e. The predicted octanol–water partition coefficient (Wildman–Crippen LogP) is 1.24. The van der Waals surface area contributed by atoms with Crippen LogP contribution < -0.4 is 14.6 Å². The normalized spacial score (nSPS) is 12.5. The second-order valence-corrected chi connectivity index (χ2v) is 6.78. The molecule has 0 aromatic heterocycles. The topological polar surface area (TPSA) is 95.5 Å². The molecule has 2 aromatic rings. The van der Waals surface area contributed by atoms with Gasteiger partial charge in [0, 0.05) is 12.4 Å². The first-order valence-electron chi connectivity index (χ1n) is 7.42. The number of sulfonamides is 1. The number of hydrogen-bond acceptors (Lipinski definition) is 5. The van der Waals surface area contributed by atoms with Crippen LogP contribution >= 0.6 is 0 Å². The summed E-state index contributed by atoms with van der Waals surface area (Å²) in [6, 6.07) is 13.5. The number of nitrogens with one attached hydrogen (secondary N) is 1. The molecule has 0 heterocycles. The van der Waals surface area contributed by atoms with Gasteiger partial charge in [0.05, 0.1) is 17.5 Å². The van der Waals surface area contributed by atoms with E-state index in [0.717, 1.165) is 0 Å². The maximum Gasteiger partial charge on any atom is 0.241 e. The van der Waals surface area contributed by atoms with Crippen LogP contribution in [-0.2, 0) is 14.8 Å². The second-order valence-electron chi connectivity index (χ2n) is 5.07. The third-order valence-corrected chi connectivity index (χ3v) is 4.80. The zero-order valence-corrected chi connectivity index (χ0v) is 14.0. The molecule has 6 nitrogen and oxygen atoms in total. The molecule has 0 aliphatic rings. The Balaban J connectivity index is 2.24. The van der Waals surface area contributed by atoms with Crippen LogP contribution in [0.25, 0.3) is 0 Å². The Kier molecular flexibility index (Phi) is 5.94. The van der Waals surface area contributed by atoms with Crippen LogP contribution in [0.5, 0.6) is 5.75 Å². The van der Waals surface area contributed by atoms with E-state index >= 15 is 0 Å². The van der Waals surface area contributed by atoms with E-state index in [9.17, 15) is 18.3 Å². The van der Waals surface area contributed by atoms with Gasteiger partial charge in [-0.05, 0) is 36.8 Å². The van der Waals surface area contributed by atoms with Gasteiger partial charge in [0.15, 0.2) is 0 Å². The summed E-state index contributed by atoms with van der Waals surface area (Å²) in [7, 11) is -3.88. The van der Waals surface area contributed by atoms with Crippen molar-refractivity contribution in [2.45, 2.75) is 24.3 Å². The Morgan fingerprint density at radius 1 is 1.12 bits per heavy atom. The summed E-state index contributed by atoms with van der Waals surface area (Å²) in [5.74, 6) is -0.774. The first-order chi connectivity index (χ1) is 11.4. The van der Waals surface area contributed by atoms with E-state index in [4.69, 9.17) is 4.74 Å². The number of carboxylic acid groups (broad SMARTS) is 1. The van der Waals surface area contributed by atoms with Gasteiger partial charge < -0.3 is 14.6 Å². The standard InChI is InChI=1S/C17H19NO5S/c1-2-23-14-8-10-15(11-9-14)24(21,22)18-16(12-17(19)20)13-6-4-3-5-7-13/h3-11,16,18H,2,12H2,1H3,(H,19,20)/p-1/t16-/m1/s1. The van der Waals surface area contributed by atoms with Gasteiger partial charge in [-0.2, -0.15) is 0 Å². The second kappa shape index (κ2) is 7.94.